The quantitative estimate of drug-likeness (QED) is 0.827. The Morgan fingerprint density at radius 2 is 2.25 bits per heavy atom. The van der Waals surface area contributed by atoms with Crippen molar-refractivity contribution in [2.75, 3.05) is 13.1 Å². The molecular weight excluding hydrogens is 200 g/mol. The average molecular weight is 220 g/mol. The fourth-order valence-electron chi connectivity index (χ4n) is 2.28. The van der Waals surface area contributed by atoms with Crippen molar-refractivity contribution in [2.45, 2.75) is 32.4 Å². The van der Waals surface area contributed by atoms with Crippen molar-refractivity contribution in [3.8, 4) is 0 Å². The minimum atomic E-state index is 0.334. The summed E-state index contributed by atoms with van der Waals surface area (Å²) in [7, 11) is 0. The molecule has 1 unspecified atom stereocenters. The molecule has 1 aliphatic rings. The van der Waals surface area contributed by atoms with Crippen LogP contribution in [0.15, 0.2) is 18.6 Å². The van der Waals surface area contributed by atoms with E-state index in [9.17, 15) is 0 Å². The number of piperidine rings is 1. The van der Waals surface area contributed by atoms with Crippen LogP contribution in [0, 0.1) is 5.92 Å². The molecule has 0 aromatic carbocycles. The molecule has 0 aliphatic carbocycles. The maximum atomic E-state index is 5.93. The predicted molar refractivity (Wildman–Crippen MR) is 63.7 cm³/mol. The zero-order chi connectivity index (χ0) is 11.4. The molecule has 0 bridgehead atoms. The first kappa shape index (κ1) is 11.5. The van der Waals surface area contributed by atoms with Gasteiger partial charge in [0, 0.05) is 18.8 Å². The number of rotatable bonds is 3. The fourth-order valence-corrected chi connectivity index (χ4v) is 2.28. The largest absolute Gasteiger partial charge is 0.328 e. The first-order valence-corrected chi connectivity index (χ1v) is 5.98. The number of likely N-dealkylation sites (tertiary alicyclic amines) is 1. The highest BCUT2D eigenvalue weighted by Gasteiger charge is 2.21. The van der Waals surface area contributed by atoms with Crippen LogP contribution in [0.3, 0.4) is 0 Å². The molecule has 16 heavy (non-hydrogen) atoms. The summed E-state index contributed by atoms with van der Waals surface area (Å²) in [6.45, 7) is 5.32. The van der Waals surface area contributed by atoms with Gasteiger partial charge in [0.1, 0.15) is 6.33 Å². The summed E-state index contributed by atoms with van der Waals surface area (Å²) in [4.78, 5) is 10.6. The third-order valence-electron chi connectivity index (χ3n) is 3.40. The van der Waals surface area contributed by atoms with Crippen LogP contribution in [0.1, 0.15) is 25.5 Å². The van der Waals surface area contributed by atoms with Crippen LogP contribution in [0.25, 0.3) is 0 Å². The Balaban J connectivity index is 1.82. The molecule has 88 valence electrons. The number of hydrogen-bond donors (Lipinski definition) is 1. The molecule has 1 aliphatic heterocycles. The van der Waals surface area contributed by atoms with Crippen molar-refractivity contribution in [1.29, 1.82) is 0 Å². The Morgan fingerprint density at radius 3 is 2.81 bits per heavy atom. The van der Waals surface area contributed by atoms with Crippen molar-refractivity contribution in [1.82, 2.24) is 14.9 Å². The highest BCUT2D eigenvalue weighted by molar-refractivity contribution is 4.97. The van der Waals surface area contributed by atoms with Crippen molar-refractivity contribution < 1.29 is 0 Å². The molecule has 1 aromatic heterocycles. The Bertz CT molecular complexity index is 304. The Kier molecular flexibility index (Phi) is 3.85. The lowest BCUT2D eigenvalue weighted by atomic mass is 9.91. The topological polar surface area (TPSA) is 55.0 Å². The molecule has 2 rings (SSSR count). The highest BCUT2D eigenvalue weighted by Crippen LogP contribution is 2.20. The van der Waals surface area contributed by atoms with E-state index in [-0.39, 0.29) is 0 Å². The lowest BCUT2D eigenvalue weighted by Crippen LogP contribution is -2.39. The van der Waals surface area contributed by atoms with Crippen molar-refractivity contribution in [3.63, 3.8) is 0 Å². The number of nitrogens with zero attached hydrogens (tertiary/aromatic N) is 3. The molecule has 1 saturated heterocycles. The molecule has 1 aromatic rings. The van der Waals surface area contributed by atoms with Gasteiger partial charge in [0.2, 0.25) is 0 Å². The van der Waals surface area contributed by atoms with Gasteiger partial charge in [-0.2, -0.15) is 0 Å². The second-order valence-electron chi connectivity index (χ2n) is 4.67. The van der Waals surface area contributed by atoms with Crippen LogP contribution in [0.2, 0.25) is 0 Å². The van der Waals surface area contributed by atoms with Crippen molar-refractivity contribution in [2.24, 2.45) is 11.7 Å². The van der Waals surface area contributed by atoms with Crippen LogP contribution in [0.4, 0.5) is 0 Å². The summed E-state index contributed by atoms with van der Waals surface area (Å²) < 4.78 is 0. The zero-order valence-corrected chi connectivity index (χ0v) is 9.84. The minimum absolute atomic E-state index is 0.334. The molecule has 4 heteroatoms. The van der Waals surface area contributed by atoms with Gasteiger partial charge in [0.05, 0.1) is 5.69 Å². The van der Waals surface area contributed by atoms with Gasteiger partial charge >= 0.3 is 0 Å². The minimum Gasteiger partial charge on any atom is -0.328 e. The number of nitrogens with two attached hydrogens (primary N) is 1. The van der Waals surface area contributed by atoms with Gasteiger partial charge in [0.15, 0.2) is 0 Å². The number of hydrogen-bond acceptors (Lipinski definition) is 4. The maximum absolute atomic E-state index is 5.93. The molecular formula is C12H20N4. The van der Waals surface area contributed by atoms with Gasteiger partial charge in [-0.15, -0.1) is 0 Å². The van der Waals surface area contributed by atoms with E-state index in [2.05, 4.69) is 21.8 Å². The standard InChI is InChI=1S/C12H20N4/c1-10(13)11-3-6-16(7-4-11)8-12-2-5-14-9-15-12/h2,5,9-11H,3-4,6-8,13H2,1H3. The molecule has 0 spiro atoms. The van der Waals surface area contributed by atoms with Crippen LogP contribution in [-0.4, -0.2) is 34.0 Å². The Labute approximate surface area is 96.9 Å². The van der Waals surface area contributed by atoms with E-state index in [0.29, 0.717) is 12.0 Å². The average Bonchev–Trinajstić information content (AvgIpc) is 2.31. The zero-order valence-electron chi connectivity index (χ0n) is 9.84. The molecule has 0 amide bonds. The number of aromatic nitrogens is 2. The van der Waals surface area contributed by atoms with Crippen molar-refractivity contribution in [3.05, 3.63) is 24.3 Å². The van der Waals surface area contributed by atoms with Gasteiger partial charge in [-0.1, -0.05) is 0 Å². The maximum Gasteiger partial charge on any atom is 0.115 e. The van der Waals surface area contributed by atoms with Gasteiger partial charge < -0.3 is 5.73 Å². The molecule has 1 fully saturated rings. The smallest absolute Gasteiger partial charge is 0.115 e. The van der Waals surface area contributed by atoms with E-state index in [1.54, 1.807) is 12.5 Å². The first-order valence-electron chi connectivity index (χ1n) is 5.98. The second-order valence-corrected chi connectivity index (χ2v) is 4.67. The SMILES string of the molecule is CC(N)C1CCN(Cc2ccncn2)CC1. The van der Waals surface area contributed by atoms with E-state index >= 15 is 0 Å². The highest BCUT2D eigenvalue weighted by atomic mass is 15.1. The van der Waals surface area contributed by atoms with E-state index < -0.39 is 0 Å². The molecule has 1 atom stereocenters. The summed E-state index contributed by atoms with van der Waals surface area (Å²) in [5, 5.41) is 0. The van der Waals surface area contributed by atoms with E-state index in [4.69, 9.17) is 5.73 Å². The summed E-state index contributed by atoms with van der Waals surface area (Å²) in [5.41, 5.74) is 7.03. The second kappa shape index (κ2) is 5.37. The lowest BCUT2D eigenvalue weighted by Gasteiger charge is -2.33. The molecule has 2 heterocycles. The Morgan fingerprint density at radius 1 is 1.50 bits per heavy atom. The monoisotopic (exact) mass is 220 g/mol. The molecule has 0 radical (unpaired) electrons. The summed E-state index contributed by atoms with van der Waals surface area (Å²) >= 11 is 0. The van der Waals surface area contributed by atoms with E-state index in [1.165, 1.54) is 12.8 Å². The predicted octanol–water partition coefficient (Wildman–Crippen LogP) is 1.04. The Hall–Kier alpha value is -1.00. The molecule has 2 N–H and O–H groups in total. The third-order valence-corrected chi connectivity index (χ3v) is 3.40. The fraction of sp³-hybridized carbons (Fsp3) is 0.667. The van der Waals surface area contributed by atoms with Gasteiger partial charge in [-0.05, 0) is 44.8 Å². The van der Waals surface area contributed by atoms with Crippen molar-refractivity contribution >= 4 is 0 Å². The van der Waals surface area contributed by atoms with E-state index in [1.807, 2.05) is 6.07 Å². The first-order chi connectivity index (χ1) is 7.75. The summed E-state index contributed by atoms with van der Waals surface area (Å²) in [6.07, 6.45) is 5.84. The van der Waals surface area contributed by atoms with Crippen LogP contribution in [-0.2, 0) is 6.54 Å². The van der Waals surface area contributed by atoms with Crippen LogP contribution >= 0.6 is 0 Å². The summed E-state index contributed by atoms with van der Waals surface area (Å²) in [5.74, 6) is 0.696. The van der Waals surface area contributed by atoms with Crippen LogP contribution < -0.4 is 5.73 Å². The van der Waals surface area contributed by atoms with Gasteiger partial charge in [0.25, 0.3) is 0 Å². The molecule has 0 saturated carbocycles. The third kappa shape index (κ3) is 3.00. The molecule has 4 nitrogen and oxygen atoms in total. The van der Waals surface area contributed by atoms with Gasteiger partial charge in [-0.3, -0.25) is 4.90 Å². The normalized spacial score (nSPS) is 20.9. The lowest BCUT2D eigenvalue weighted by molar-refractivity contribution is 0.164. The summed E-state index contributed by atoms with van der Waals surface area (Å²) in [6, 6.07) is 2.32. The van der Waals surface area contributed by atoms with Crippen LogP contribution in [0.5, 0.6) is 0 Å². The van der Waals surface area contributed by atoms with E-state index in [0.717, 1.165) is 25.3 Å². The van der Waals surface area contributed by atoms with Gasteiger partial charge in [-0.25, -0.2) is 9.97 Å².